The summed E-state index contributed by atoms with van der Waals surface area (Å²) in [7, 11) is 0. The SMILES string of the molecule is CCCc1nc(C(C)C)sc1CNC1CCCC1. The number of aromatic nitrogens is 1. The van der Waals surface area contributed by atoms with Crippen LogP contribution in [0.15, 0.2) is 0 Å². The summed E-state index contributed by atoms with van der Waals surface area (Å²) in [5, 5.41) is 5.03. The second-order valence-corrected chi connectivity index (χ2v) is 6.80. The molecule has 1 saturated carbocycles. The van der Waals surface area contributed by atoms with Crippen molar-refractivity contribution in [3.05, 3.63) is 15.6 Å². The Morgan fingerprint density at radius 3 is 2.67 bits per heavy atom. The van der Waals surface area contributed by atoms with Crippen molar-refractivity contribution >= 4 is 11.3 Å². The van der Waals surface area contributed by atoms with E-state index in [0.29, 0.717) is 5.92 Å². The predicted molar refractivity (Wildman–Crippen MR) is 79.3 cm³/mol. The second kappa shape index (κ2) is 6.67. The summed E-state index contributed by atoms with van der Waals surface area (Å²) >= 11 is 1.92. The average Bonchev–Trinajstić information content (AvgIpc) is 2.95. The van der Waals surface area contributed by atoms with E-state index in [1.54, 1.807) is 0 Å². The van der Waals surface area contributed by atoms with Crippen LogP contribution in [0.2, 0.25) is 0 Å². The molecule has 0 atom stereocenters. The number of hydrogen-bond acceptors (Lipinski definition) is 3. The first-order chi connectivity index (χ1) is 8.70. The molecule has 1 fully saturated rings. The minimum Gasteiger partial charge on any atom is -0.309 e. The molecule has 0 amide bonds. The topological polar surface area (TPSA) is 24.9 Å². The monoisotopic (exact) mass is 266 g/mol. The molecule has 1 aromatic rings. The zero-order valence-corrected chi connectivity index (χ0v) is 12.8. The highest BCUT2D eigenvalue weighted by atomic mass is 32.1. The van der Waals surface area contributed by atoms with E-state index < -0.39 is 0 Å². The number of hydrogen-bond donors (Lipinski definition) is 1. The number of nitrogens with zero attached hydrogens (tertiary/aromatic N) is 1. The molecule has 2 rings (SSSR count). The van der Waals surface area contributed by atoms with Crippen LogP contribution in [-0.2, 0) is 13.0 Å². The van der Waals surface area contributed by atoms with Gasteiger partial charge in [-0.1, -0.05) is 40.0 Å². The lowest BCUT2D eigenvalue weighted by atomic mass is 10.2. The van der Waals surface area contributed by atoms with E-state index in [2.05, 4.69) is 26.1 Å². The summed E-state index contributed by atoms with van der Waals surface area (Å²) in [6, 6.07) is 0.754. The maximum Gasteiger partial charge on any atom is 0.0957 e. The van der Waals surface area contributed by atoms with Crippen molar-refractivity contribution in [1.29, 1.82) is 0 Å². The standard InChI is InChI=1S/C15H26N2S/c1-4-7-13-14(18-15(17-13)11(2)3)10-16-12-8-5-6-9-12/h11-12,16H,4-10H2,1-3H3. The van der Waals surface area contributed by atoms with Gasteiger partial charge in [0.1, 0.15) is 0 Å². The van der Waals surface area contributed by atoms with E-state index >= 15 is 0 Å². The van der Waals surface area contributed by atoms with Gasteiger partial charge < -0.3 is 5.32 Å². The van der Waals surface area contributed by atoms with Gasteiger partial charge in [0, 0.05) is 23.4 Å². The Morgan fingerprint density at radius 2 is 2.06 bits per heavy atom. The molecule has 0 saturated heterocycles. The summed E-state index contributed by atoms with van der Waals surface area (Å²) in [6.45, 7) is 7.75. The van der Waals surface area contributed by atoms with Crippen LogP contribution in [0.1, 0.15) is 74.4 Å². The second-order valence-electron chi connectivity index (χ2n) is 5.69. The van der Waals surface area contributed by atoms with Crippen LogP contribution >= 0.6 is 11.3 Å². The number of aryl methyl sites for hydroxylation is 1. The van der Waals surface area contributed by atoms with Gasteiger partial charge >= 0.3 is 0 Å². The van der Waals surface area contributed by atoms with E-state index in [-0.39, 0.29) is 0 Å². The fraction of sp³-hybridized carbons (Fsp3) is 0.800. The van der Waals surface area contributed by atoms with Gasteiger partial charge in [-0.05, 0) is 19.3 Å². The van der Waals surface area contributed by atoms with Crippen LogP contribution in [0, 0.1) is 0 Å². The summed E-state index contributed by atoms with van der Waals surface area (Å²) in [6.07, 6.45) is 7.85. The molecule has 0 spiro atoms. The van der Waals surface area contributed by atoms with Gasteiger partial charge in [0.25, 0.3) is 0 Å². The van der Waals surface area contributed by atoms with E-state index in [1.165, 1.54) is 47.7 Å². The van der Waals surface area contributed by atoms with Crippen LogP contribution in [0.5, 0.6) is 0 Å². The Bertz CT molecular complexity index is 365. The molecular weight excluding hydrogens is 240 g/mol. The van der Waals surface area contributed by atoms with Gasteiger partial charge in [0.15, 0.2) is 0 Å². The maximum absolute atomic E-state index is 4.82. The lowest BCUT2D eigenvalue weighted by molar-refractivity contribution is 0.525. The lowest BCUT2D eigenvalue weighted by Crippen LogP contribution is -2.25. The molecule has 0 aliphatic heterocycles. The number of thiazole rings is 1. The van der Waals surface area contributed by atoms with Crippen LogP contribution in [0.3, 0.4) is 0 Å². The Morgan fingerprint density at radius 1 is 1.33 bits per heavy atom. The summed E-state index contributed by atoms with van der Waals surface area (Å²) in [4.78, 5) is 6.30. The Labute approximate surface area is 115 Å². The van der Waals surface area contributed by atoms with Crippen molar-refractivity contribution in [2.45, 2.75) is 77.8 Å². The molecule has 2 nitrogen and oxygen atoms in total. The molecule has 0 bridgehead atoms. The molecule has 1 aliphatic carbocycles. The van der Waals surface area contributed by atoms with Crippen LogP contribution in [0.4, 0.5) is 0 Å². The highest BCUT2D eigenvalue weighted by Crippen LogP contribution is 2.26. The third-order valence-corrected chi connectivity index (χ3v) is 5.08. The first-order valence-corrected chi connectivity index (χ1v) is 8.24. The molecule has 18 heavy (non-hydrogen) atoms. The first kappa shape index (κ1) is 14.0. The molecule has 3 heteroatoms. The summed E-state index contributed by atoms with van der Waals surface area (Å²) < 4.78 is 0. The van der Waals surface area contributed by atoms with Crippen LogP contribution in [-0.4, -0.2) is 11.0 Å². The minimum absolute atomic E-state index is 0.561. The highest BCUT2D eigenvalue weighted by Gasteiger charge is 2.17. The van der Waals surface area contributed by atoms with Gasteiger partial charge in [-0.25, -0.2) is 4.98 Å². The van der Waals surface area contributed by atoms with Crippen molar-refractivity contribution < 1.29 is 0 Å². The first-order valence-electron chi connectivity index (χ1n) is 7.42. The third kappa shape index (κ3) is 3.55. The fourth-order valence-electron chi connectivity index (χ4n) is 2.59. The normalized spacial score (nSPS) is 16.9. The smallest absolute Gasteiger partial charge is 0.0957 e. The van der Waals surface area contributed by atoms with Gasteiger partial charge in [-0.3, -0.25) is 0 Å². The predicted octanol–water partition coefficient (Wildman–Crippen LogP) is 4.25. The number of rotatable bonds is 6. The van der Waals surface area contributed by atoms with E-state index in [0.717, 1.165) is 19.0 Å². The molecule has 1 aromatic heterocycles. The van der Waals surface area contributed by atoms with Crippen molar-refractivity contribution in [3.63, 3.8) is 0 Å². The number of nitrogens with one attached hydrogen (secondary N) is 1. The average molecular weight is 266 g/mol. The summed E-state index contributed by atoms with van der Waals surface area (Å²) in [5.41, 5.74) is 1.34. The Balaban J connectivity index is 1.99. The van der Waals surface area contributed by atoms with Gasteiger partial charge in [-0.15, -0.1) is 11.3 Å². The molecule has 0 unspecified atom stereocenters. The Kier molecular flexibility index (Phi) is 5.19. The molecular formula is C15H26N2S. The van der Waals surface area contributed by atoms with E-state index in [9.17, 15) is 0 Å². The zero-order chi connectivity index (χ0) is 13.0. The fourth-order valence-corrected chi connectivity index (χ4v) is 3.65. The van der Waals surface area contributed by atoms with E-state index in [4.69, 9.17) is 4.98 Å². The summed E-state index contributed by atoms with van der Waals surface area (Å²) in [5.74, 6) is 0.561. The molecule has 0 aromatic carbocycles. The molecule has 1 heterocycles. The van der Waals surface area contributed by atoms with Crippen molar-refractivity contribution in [3.8, 4) is 0 Å². The molecule has 0 radical (unpaired) electrons. The Hall–Kier alpha value is -0.410. The maximum atomic E-state index is 4.82. The minimum atomic E-state index is 0.561. The zero-order valence-electron chi connectivity index (χ0n) is 12.0. The third-order valence-electron chi connectivity index (χ3n) is 3.68. The van der Waals surface area contributed by atoms with Gasteiger partial charge in [0.05, 0.1) is 10.7 Å². The van der Waals surface area contributed by atoms with Crippen molar-refractivity contribution in [2.75, 3.05) is 0 Å². The highest BCUT2D eigenvalue weighted by molar-refractivity contribution is 7.11. The lowest BCUT2D eigenvalue weighted by Gasteiger charge is -2.11. The quantitative estimate of drug-likeness (QED) is 0.832. The van der Waals surface area contributed by atoms with Crippen molar-refractivity contribution in [2.24, 2.45) is 0 Å². The van der Waals surface area contributed by atoms with Gasteiger partial charge in [-0.2, -0.15) is 0 Å². The molecule has 1 aliphatic rings. The van der Waals surface area contributed by atoms with E-state index in [1.807, 2.05) is 11.3 Å². The molecule has 102 valence electrons. The molecule has 1 N–H and O–H groups in total. The van der Waals surface area contributed by atoms with Gasteiger partial charge in [0.2, 0.25) is 0 Å². The van der Waals surface area contributed by atoms with Crippen molar-refractivity contribution in [1.82, 2.24) is 10.3 Å². The van der Waals surface area contributed by atoms with Crippen LogP contribution < -0.4 is 5.32 Å². The van der Waals surface area contributed by atoms with Crippen LogP contribution in [0.25, 0.3) is 0 Å². The largest absolute Gasteiger partial charge is 0.309 e.